The number of hydrogen-bond donors (Lipinski definition) is 2. The molecular weight excluding hydrogens is 268 g/mol. The molecule has 19 heavy (non-hydrogen) atoms. The smallest absolute Gasteiger partial charge is 0.337 e. The minimum Gasteiger partial charge on any atom is -0.465 e. The number of carbonyl (C=O) groups is 2. The Balaban J connectivity index is 0.00000324. The second-order valence-corrected chi connectivity index (χ2v) is 4.02. The molecule has 1 atom stereocenters. The molecule has 6 heteroatoms. The van der Waals surface area contributed by atoms with Crippen LogP contribution >= 0.6 is 12.4 Å². The number of benzene rings is 1. The number of esters is 1. The average Bonchev–Trinajstić information content (AvgIpc) is 2.38. The van der Waals surface area contributed by atoms with E-state index >= 15 is 0 Å². The van der Waals surface area contributed by atoms with Gasteiger partial charge in [0.2, 0.25) is 5.91 Å². The van der Waals surface area contributed by atoms with Gasteiger partial charge in [-0.05, 0) is 31.0 Å². The van der Waals surface area contributed by atoms with Gasteiger partial charge in [-0.3, -0.25) is 4.79 Å². The van der Waals surface area contributed by atoms with Crippen LogP contribution in [-0.4, -0.2) is 31.6 Å². The van der Waals surface area contributed by atoms with E-state index in [0.29, 0.717) is 18.5 Å². The predicted octanol–water partition coefficient (Wildman–Crippen LogP) is 0.901. The maximum Gasteiger partial charge on any atom is 0.337 e. The molecule has 1 aromatic carbocycles. The van der Waals surface area contributed by atoms with E-state index in [2.05, 4.69) is 10.1 Å². The Morgan fingerprint density at radius 3 is 2.37 bits per heavy atom. The third-order valence-corrected chi connectivity index (χ3v) is 2.50. The standard InChI is InChI=1S/C13H18N2O3.ClH/c1-9(14)12(16)15-8-7-10-3-5-11(6-4-10)13(17)18-2;/h3-6,9H,7-8,14H2,1-2H3,(H,15,16);1H/t9-;/m1./s1. The summed E-state index contributed by atoms with van der Waals surface area (Å²) in [4.78, 5) is 22.4. The third-order valence-electron chi connectivity index (χ3n) is 2.50. The summed E-state index contributed by atoms with van der Waals surface area (Å²) in [5.74, 6) is -0.520. The zero-order valence-electron chi connectivity index (χ0n) is 11.0. The summed E-state index contributed by atoms with van der Waals surface area (Å²) in [5, 5.41) is 2.72. The first kappa shape index (κ1) is 17.4. The molecule has 0 spiro atoms. The van der Waals surface area contributed by atoms with Crippen molar-refractivity contribution >= 4 is 24.3 Å². The number of rotatable bonds is 5. The van der Waals surface area contributed by atoms with Crippen LogP contribution in [0.2, 0.25) is 0 Å². The van der Waals surface area contributed by atoms with Crippen molar-refractivity contribution in [2.75, 3.05) is 13.7 Å². The van der Waals surface area contributed by atoms with Crippen molar-refractivity contribution in [2.24, 2.45) is 5.73 Å². The van der Waals surface area contributed by atoms with Crippen LogP contribution in [-0.2, 0) is 16.0 Å². The zero-order valence-corrected chi connectivity index (χ0v) is 11.8. The molecule has 0 aliphatic heterocycles. The van der Waals surface area contributed by atoms with Crippen LogP contribution in [0.5, 0.6) is 0 Å². The Hall–Kier alpha value is -1.59. The molecule has 1 aromatic rings. The second kappa shape index (κ2) is 8.50. The summed E-state index contributed by atoms with van der Waals surface area (Å²) in [6.45, 7) is 2.17. The van der Waals surface area contributed by atoms with Crippen LogP contribution in [0.4, 0.5) is 0 Å². The van der Waals surface area contributed by atoms with E-state index in [1.54, 1.807) is 19.1 Å². The van der Waals surface area contributed by atoms with Crippen molar-refractivity contribution in [3.63, 3.8) is 0 Å². The van der Waals surface area contributed by atoms with Gasteiger partial charge in [-0.2, -0.15) is 0 Å². The fourth-order valence-electron chi connectivity index (χ4n) is 1.42. The number of halogens is 1. The quantitative estimate of drug-likeness (QED) is 0.788. The molecule has 0 fully saturated rings. The fourth-order valence-corrected chi connectivity index (χ4v) is 1.42. The van der Waals surface area contributed by atoms with Crippen LogP contribution in [0.3, 0.4) is 0 Å². The number of nitrogens with one attached hydrogen (secondary N) is 1. The van der Waals surface area contributed by atoms with E-state index in [-0.39, 0.29) is 24.3 Å². The van der Waals surface area contributed by atoms with Gasteiger partial charge in [0.25, 0.3) is 0 Å². The normalized spacial score (nSPS) is 11.1. The Morgan fingerprint density at radius 1 is 1.32 bits per heavy atom. The fraction of sp³-hybridized carbons (Fsp3) is 0.385. The molecule has 1 amide bonds. The van der Waals surface area contributed by atoms with Crippen molar-refractivity contribution in [1.29, 1.82) is 0 Å². The summed E-state index contributed by atoms with van der Waals surface area (Å²) in [6.07, 6.45) is 0.694. The Morgan fingerprint density at radius 2 is 1.89 bits per heavy atom. The maximum atomic E-state index is 11.2. The number of methoxy groups -OCH3 is 1. The monoisotopic (exact) mass is 286 g/mol. The van der Waals surface area contributed by atoms with E-state index in [1.165, 1.54) is 7.11 Å². The van der Waals surface area contributed by atoms with Crippen LogP contribution < -0.4 is 11.1 Å². The summed E-state index contributed by atoms with van der Waals surface area (Å²) in [5.41, 5.74) is 6.97. The number of ether oxygens (including phenoxy) is 1. The highest BCUT2D eigenvalue weighted by atomic mass is 35.5. The minimum absolute atomic E-state index is 0. The maximum absolute atomic E-state index is 11.2. The molecule has 0 unspecified atom stereocenters. The van der Waals surface area contributed by atoms with E-state index in [9.17, 15) is 9.59 Å². The highest BCUT2D eigenvalue weighted by molar-refractivity contribution is 5.89. The highest BCUT2D eigenvalue weighted by Gasteiger charge is 2.06. The Kier molecular flexibility index (Phi) is 7.79. The molecule has 0 aliphatic carbocycles. The highest BCUT2D eigenvalue weighted by Crippen LogP contribution is 2.06. The van der Waals surface area contributed by atoms with Crippen molar-refractivity contribution in [3.05, 3.63) is 35.4 Å². The van der Waals surface area contributed by atoms with Gasteiger partial charge in [0.15, 0.2) is 0 Å². The zero-order chi connectivity index (χ0) is 13.5. The van der Waals surface area contributed by atoms with Gasteiger partial charge in [-0.15, -0.1) is 12.4 Å². The molecule has 0 aliphatic rings. The van der Waals surface area contributed by atoms with E-state index in [0.717, 1.165) is 5.56 Å². The molecule has 3 N–H and O–H groups in total. The second-order valence-electron chi connectivity index (χ2n) is 4.02. The lowest BCUT2D eigenvalue weighted by atomic mass is 10.1. The summed E-state index contributed by atoms with van der Waals surface area (Å²) in [6, 6.07) is 6.59. The van der Waals surface area contributed by atoms with Gasteiger partial charge in [0.1, 0.15) is 0 Å². The SMILES string of the molecule is COC(=O)c1ccc(CCNC(=O)[C@@H](C)N)cc1.Cl. The van der Waals surface area contributed by atoms with Crippen LogP contribution in [0, 0.1) is 0 Å². The number of hydrogen-bond acceptors (Lipinski definition) is 4. The van der Waals surface area contributed by atoms with Crippen LogP contribution in [0.1, 0.15) is 22.8 Å². The minimum atomic E-state index is -0.494. The summed E-state index contributed by atoms with van der Waals surface area (Å²) < 4.78 is 4.61. The Labute approximate surface area is 118 Å². The van der Waals surface area contributed by atoms with Crippen molar-refractivity contribution in [1.82, 2.24) is 5.32 Å². The number of carbonyl (C=O) groups excluding carboxylic acids is 2. The molecule has 0 aromatic heterocycles. The lowest BCUT2D eigenvalue weighted by Gasteiger charge is -2.07. The average molecular weight is 287 g/mol. The molecule has 0 saturated carbocycles. The first-order valence-corrected chi connectivity index (χ1v) is 5.75. The van der Waals surface area contributed by atoms with E-state index in [1.807, 2.05) is 12.1 Å². The van der Waals surface area contributed by atoms with Gasteiger partial charge in [0.05, 0.1) is 18.7 Å². The van der Waals surface area contributed by atoms with Crippen molar-refractivity contribution in [2.45, 2.75) is 19.4 Å². The molecule has 0 saturated heterocycles. The Bertz CT molecular complexity index is 418. The van der Waals surface area contributed by atoms with E-state index in [4.69, 9.17) is 5.73 Å². The molecule has 0 heterocycles. The summed E-state index contributed by atoms with van der Waals surface area (Å²) in [7, 11) is 1.35. The molecule has 106 valence electrons. The predicted molar refractivity (Wildman–Crippen MR) is 75.4 cm³/mol. The molecule has 0 bridgehead atoms. The lowest BCUT2D eigenvalue weighted by molar-refractivity contribution is -0.121. The van der Waals surface area contributed by atoms with Gasteiger partial charge in [-0.25, -0.2) is 4.79 Å². The molecule has 0 radical (unpaired) electrons. The van der Waals surface area contributed by atoms with Crippen LogP contribution in [0.15, 0.2) is 24.3 Å². The van der Waals surface area contributed by atoms with Gasteiger partial charge in [-0.1, -0.05) is 12.1 Å². The molecule has 5 nitrogen and oxygen atoms in total. The third kappa shape index (κ3) is 5.72. The topological polar surface area (TPSA) is 81.4 Å². The van der Waals surface area contributed by atoms with E-state index < -0.39 is 6.04 Å². The van der Waals surface area contributed by atoms with Crippen molar-refractivity contribution < 1.29 is 14.3 Å². The first-order chi connectivity index (χ1) is 8.54. The number of nitrogens with two attached hydrogens (primary N) is 1. The lowest BCUT2D eigenvalue weighted by Crippen LogP contribution is -2.39. The van der Waals surface area contributed by atoms with Gasteiger partial charge in [0, 0.05) is 6.54 Å². The largest absolute Gasteiger partial charge is 0.465 e. The van der Waals surface area contributed by atoms with Crippen molar-refractivity contribution in [3.8, 4) is 0 Å². The molecule has 1 rings (SSSR count). The molecular formula is C13H19ClN2O3. The van der Waals surface area contributed by atoms with Gasteiger partial charge >= 0.3 is 5.97 Å². The number of amides is 1. The van der Waals surface area contributed by atoms with Gasteiger partial charge < -0.3 is 15.8 Å². The van der Waals surface area contributed by atoms with Crippen LogP contribution in [0.25, 0.3) is 0 Å². The summed E-state index contributed by atoms with van der Waals surface area (Å²) >= 11 is 0. The first-order valence-electron chi connectivity index (χ1n) is 5.75.